The number of aromatic nitrogens is 3. The predicted octanol–water partition coefficient (Wildman–Crippen LogP) is 2.52. The van der Waals surface area contributed by atoms with Gasteiger partial charge in [0.1, 0.15) is 5.82 Å². The number of fused-ring (bicyclic) bond motifs is 1. The molecule has 5 heteroatoms. The average molecular weight is 294 g/mol. The lowest BCUT2D eigenvalue weighted by atomic mass is 10.1. The van der Waals surface area contributed by atoms with E-state index >= 15 is 0 Å². The Bertz CT molecular complexity index is 780. The van der Waals surface area contributed by atoms with E-state index in [1.165, 1.54) is 5.56 Å². The van der Waals surface area contributed by atoms with Crippen LogP contribution in [-0.4, -0.2) is 20.9 Å². The smallest absolute Gasteiger partial charge is 0.220 e. The van der Waals surface area contributed by atoms with Gasteiger partial charge in [-0.1, -0.05) is 6.07 Å². The number of carbonyl (C=O) groups excluding carboxylic acids is 1. The Morgan fingerprint density at radius 3 is 2.86 bits per heavy atom. The van der Waals surface area contributed by atoms with E-state index < -0.39 is 0 Å². The molecule has 3 aromatic rings. The third kappa shape index (κ3) is 3.49. The highest BCUT2D eigenvalue weighted by Crippen LogP contribution is 2.13. The summed E-state index contributed by atoms with van der Waals surface area (Å²) < 4.78 is 0. The number of rotatable bonds is 5. The molecule has 0 saturated carbocycles. The van der Waals surface area contributed by atoms with Crippen molar-refractivity contribution in [2.45, 2.75) is 26.3 Å². The van der Waals surface area contributed by atoms with Crippen molar-refractivity contribution in [3.8, 4) is 0 Å². The van der Waals surface area contributed by atoms with Gasteiger partial charge in [0.2, 0.25) is 5.91 Å². The molecule has 2 heterocycles. The largest absolute Gasteiger partial charge is 0.349 e. The quantitative estimate of drug-likeness (QED) is 0.759. The van der Waals surface area contributed by atoms with Crippen molar-refractivity contribution >= 4 is 16.9 Å². The van der Waals surface area contributed by atoms with Gasteiger partial charge in [-0.3, -0.25) is 9.78 Å². The SMILES string of the molecule is Cc1ccc2nc(CNC(=O)CCc3ccncc3)[nH]c2c1. The van der Waals surface area contributed by atoms with E-state index in [0.717, 1.165) is 22.4 Å². The van der Waals surface area contributed by atoms with Gasteiger partial charge in [0.15, 0.2) is 0 Å². The molecule has 0 bridgehead atoms. The first-order chi connectivity index (χ1) is 10.7. The topological polar surface area (TPSA) is 70.7 Å². The molecule has 0 spiro atoms. The van der Waals surface area contributed by atoms with Crippen LogP contribution < -0.4 is 5.32 Å². The molecular formula is C17H18N4O. The zero-order valence-electron chi connectivity index (χ0n) is 12.5. The molecule has 0 aliphatic heterocycles. The van der Waals surface area contributed by atoms with Gasteiger partial charge in [-0.05, 0) is 48.7 Å². The van der Waals surface area contributed by atoms with E-state index in [9.17, 15) is 4.79 Å². The lowest BCUT2D eigenvalue weighted by molar-refractivity contribution is -0.121. The molecule has 0 fully saturated rings. The first-order valence-electron chi connectivity index (χ1n) is 7.31. The third-order valence-electron chi connectivity index (χ3n) is 3.53. The second-order valence-corrected chi connectivity index (χ2v) is 5.34. The lowest BCUT2D eigenvalue weighted by Crippen LogP contribution is -2.23. The van der Waals surface area contributed by atoms with Gasteiger partial charge < -0.3 is 10.3 Å². The van der Waals surface area contributed by atoms with Crippen molar-refractivity contribution in [3.63, 3.8) is 0 Å². The van der Waals surface area contributed by atoms with Crippen LogP contribution in [0, 0.1) is 6.92 Å². The third-order valence-corrected chi connectivity index (χ3v) is 3.53. The summed E-state index contributed by atoms with van der Waals surface area (Å²) in [6, 6.07) is 9.91. The van der Waals surface area contributed by atoms with Crippen molar-refractivity contribution in [1.29, 1.82) is 0 Å². The van der Waals surface area contributed by atoms with Crippen molar-refractivity contribution in [3.05, 3.63) is 59.7 Å². The van der Waals surface area contributed by atoms with Crippen LogP contribution in [0.25, 0.3) is 11.0 Å². The number of aryl methyl sites for hydroxylation is 2. The Hall–Kier alpha value is -2.69. The summed E-state index contributed by atoms with van der Waals surface area (Å²) in [6.45, 7) is 2.46. The number of imidazole rings is 1. The van der Waals surface area contributed by atoms with Gasteiger partial charge in [-0.25, -0.2) is 4.98 Å². The minimum absolute atomic E-state index is 0.0217. The van der Waals surface area contributed by atoms with E-state index in [1.807, 2.05) is 31.2 Å². The van der Waals surface area contributed by atoms with Crippen LogP contribution in [0.4, 0.5) is 0 Å². The monoisotopic (exact) mass is 294 g/mol. The summed E-state index contributed by atoms with van der Waals surface area (Å²) in [5, 5.41) is 2.90. The highest BCUT2D eigenvalue weighted by Gasteiger charge is 2.06. The molecular weight excluding hydrogens is 276 g/mol. The molecule has 1 aromatic carbocycles. The minimum atomic E-state index is 0.0217. The molecule has 22 heavy (non-hydrogen) atoms. The maximum atomic E-state index is 11.9. The normalized spacial score (nSPS) is 10.8. The zero-order chi connectivity index (χ0) is 15.4. The Kier molecular flexibility index (Phi) is 4.14. The molecule has 2 N–H and O–H groups in total. The van der Waals surface area contributed by atoms with Gasteiger partial charge >= 0.3 is 0 Å². The Morgan fingerprint density at radius 2 is 2.05 bits per heavy atom. The maximum absolute atomic E-state index is 11.9. The van der Waals surface area contributed by atoms with Crippen LogP contribution in [0.3, 0.4) is 0 Å². The van der Waals surface area contributed by atoms with Gasteiger partial charge in [0.25, 0.3) is 0 Å². The average Bonchev–Trinajstić information content (AvgIpc) is 2.94. The first-order valence-corrected chi connectivity index (χ1v) is 7.31. The maximum Gasteiger partial charge on any atom is 0.220 e. The van der Waals surface area contributed by atoms with Gasteiger partial charge in [-0.15, -0.1) is 0 Å². The molecule has 2 aromatic heterocycles. The van der Waals surface area contributed by atoms with Crippen LogP contribution >= 0.6 is 0 Å². The van der Waals surface area contributed by atoms with Crippen LogP contribution in [0.15, 0.2) is 42.7 Å². The summed E-state index contributed by atoms with van der Waals surface area (Å²) in [5.74, 6) is 0.798. The number of H-pyrrole nitrogens is 1. The van der Waals surface area contributed by atoms with Crippen LogP contribution in [0.5, 0.6) is 0 Å². The fourth-order valence-corrected chi connectivity index (χ4v) is 2.34. The minimum Gasteiger partial charge on any atom is -0.349 e. The van der Waals surface area contributed by atoms with Crippen LogP contribution in [-0.2, 0) is 17.8 Å². The second-order valence-electron chi connectivity index (χ2n) is 5.34. The number of amides is 1. The van der Waals surface area contributed by atoms with Crippen molar-refractivity contribution in [2.75, 3.05) is 0 Å². The molecule has 0 radical (unpaired) electrons. The molecule has 0 aliphatic rings. The van der Waals surface area contributed by atoms with E-state index in [4.69, 9.17) is 0 Å². The van der Waals surface area contributed by atoms with Crippen molar-refractivity contribution < 1.29 is 4.79 Å². The van der Waals surface area contributed by atoms with E-state index in [2.05, 4.69) is 26.3 Å². The van der Waals surface area contributed by atoms with E-state index in [0.29, 0.717) is 19.4 Å². The Morgan fingerprint density at radius 1 is 1.23 bits per heavy atom. The highest BCUT2D eigenvalue weighted by molar-refractivity contribution is 5.77. The molecule has 3 rings (SSSR count). The summed E-state index contributed by atoms with van der Waals surface area (Å²) in [6.07, 6.45) is 4.66. The zero-order valence-corrected chi connectivity index (χ0v) is 12.5. The molecule has 112 valence electrons. The lowest BCUT2D eigenvalue weighted by Gasteiger charge is -2.03. The number of hydrogen-bond acceptors (Lipinski definition) is 3. The van der Waals surface area contributed by atoms with Crippen molar-refractivity contribution in [1.82, 2.24) is 20.3 Å². The molecule has 0 atom stereocenters. The number of benzene rings is 1. The van der Waals surface area contributed by atoms with Crippen LogP contribution in [0.1, 0.15) is 23.4 Å². The molecule has 0 unspecified atom stereocenters. The number of nitrogens with one attached hydrogen (secondary N) is 2. The summed E-state index contributed by atoms with van der Waals surface area (Å²) in [5.41, 5.74) is 4.22. The van der Waals surface area contributed by atoms with E-state index in [1.54, 1.807) is 12.4 Å². The fourth-order valence-electron chi connectivity index (χ4n) is 2.34. The standard InChI is InChI=1S/C17H18N4O/c1-12-2-4-14-15(10-12)21-16(20-14)11-19-17(22)5-3-13-6-8-18-9-7-13/h2,4,6-10H,3,5,11H2,1H3,(H,19,22)(H,20,21). The summed E-state index contributed by atoms with van der Waals surface area (Å²) in [7, 11) is 0. The number of hydrogen-bond donors (Lipinski definition) is 2. The number of aromatic amines is 1. The predicted molar refractivity (Wildman–Crippen MR) is 85.2 cm³/mol. The Labute approximate surface area is 128 Å². The van der Waals surface area contributed by atoms with Gasteiger partial charge in [0.05, 0.1) is 17.6 Å². The van der Waals surface area contributed by atoms with E-state index in [-0.39, 0.29) is 5.91 Å². The van der Waals surface area contributed by atoms with Gasteiger partial charge in [-0.2, -0.15) is 0 Å². The van der Waals surface area contributed by atoms with Gasteiger partial charge in [0, 0.05) is 18.8 Å². The first kappa shape index (κ1) is 14.3. The summed E-state index contributed by atoms with van der Waals surface area (Å²) in [4.78, 5) is 23.6. The number of carbonyl (C=O) groups is 1. The van der Waals surface area contributed by atoms with Crippen LogP contribution in [0.2, 0.25) is 0 Å². The summed E-state index contributed by atoms with van der Waals surface area (Å²) >= 11 is 0. The van der Waals surface area contributed by atoms with Crippen molar-refractivity contribution in [2.24, 2.45) is 0 Å². The number of nitrogens with zero attached hydrogens (tertiary/aromatic N) is 2. The number of pyridine rings is 1. The molecule has 0 saturated heterocycles. The molecule has 0 aliphatic carbocycles. The second kappa shape index (κ2) is 6.39. The fraction of sp³-hybridized carbons (Fsp3) is 0.235. The molecule has 5 nitrogen and oxygen atoms in total. The highest BCUT2D eigenvalue weighted by atomic mass is 16.1. The molecule has 1 amide bonds. The Balaban J connectivity index is 1.53.